The maximum atomic E-state index is 12.4. The molecule has 0 aliphatic carbocycles. The highest BCUT2D eigenvalue weighted by molar-refractivity contribution is 7.11. The van der Waals surface area contributed by atoms with Crippen LogP contribution in [-0.4, -0.2) is 59.5 Å². The number of aromatic nitrogens is 1. The summed E-state index contributed by atoms with van der Waals surface area (Å²) in [7, 11) is 0. The minimum Gasteiger partial charge on any atom is -0.467 e. The summed E-state index contributed by atoms with van der Waals surface area (Å²) in [6.45, 7) is 4.35. The van der Waals surface area contributed by atoms with Crippen LogP contribution in [0.25, 0.3) is 0 Å². The SMILES string of the molecule is O=C(CN1CCC(Oc2nccs2)CC1)N1CCCCCC1. The van der Waals surface area contributed by atoms with E-state index < -0.39 is 0 Å². The van der Waals surface area contributed by atoms with Gasteiger partial charge in [-0.3, -0.25) is 9.69 Å². The minimum absolute atomic E-state index is 0.246. The molecule has 2 aliphatic rings. The predicted molar refractivity (Wildman–Crippen MR) is 87.3 cm³/mol. The Kier molecular flexibility index (Phi) is 5.67. The Balaban J connectivity index is 1.40. The van der Waals surface area contributed by atoms with Crippen molar-refractivity contribution in [3.05, 3.63) is 11.6 Å². The molecule has 22 heavy (non-hydrogen) atoms. The molecule has 2 saturated heterocycles. The maximum Gasteiger partial charge on any atom is 0.273 e. The van der Waals surface area contributed by atoms with Crippen LogP contribution in [0.5, 0.6) is 5.19 Å². The Morgan fingerprint density at radius 1 is 1.18 bits per heavy atom. The van der Waals surface area contributed by atoms with Crippen LogP contribution >= 0.6 is 11.3 Å². The normalized spacial score (nSPS) is 21.5. The number of carbonyl (C=O) groups excluding carboxylic acids is 1. The first-order valence-electron chi connectivity index (χ1n) is 8.37. The number of nitrogens with zero attached hydrogens (tertiary/aromatic N) is 3. The van der Waals surface area contributed by atoms with Crippen molar-refractivity contribution in [3.8, 4) is 5.19 Å². The number of rotatable bonds is 4. The van der Waals surface area contributed by atoms with E-state index in [1.54, 1.807) is 17.5 Å². The van der Waals surface area contributed by atoms with Crippen LogP contribution in [-0.2, 0) is 4.79 Å². The van der Waals surface area contributed by atoms with E-state index in [1.165, 1.54) is 12.8 Å². The van der Waals surface area contributed by atoms with Crippen molar-refractivity contribution in [3.63, 3.8) is 0 Å². The Labute approximate surface area is 136 Å². The Hall–Kier alpha value is -1.14. The fourth-order valence-corrected chi connectivity index (χ4v) is 3.76. The monoisotopic (exact) mass is 323 g/mol. The van der Waals surface area contributed by atoms with Gasteiger partial charge in [0.2, 0.25) is 5.91 Å². The van der Waals surface area contributed by atoms with Gasteiger partial charge in [0.1, 0.15) is 6.10 Å². The van der Waals surface area contributed by atoms with Crippen LogP contribution in [0.2, 0.25) is 0 Å². The van der Waals surface area contributed by atoms with Crippen LogP contribution in [0, 0.1) is 0 Å². The quantitative estimate of drug-likeness (QED) is 0.853. The van der Waals surface area contributed by atoms with Gasteiger partial charge < -0.3 is 9.64 Å². The summed E-state index contributed by atoms with van der Waals surface area (Å²) in [6, 6.07) is 0. The number of piperidine rings is 1. The lowest BCUT2D eigenvalue weighted by molar-refractivity contribution is -0.132. The van der Waals surface area contributed by atoms with Gasteiger partial charge in [-0.25, -0.2) is 4.98 Å². The van der Waals surface area contributed by atoms with E-state index in [1.807, 2.05) is 5.38 Å². The van der Waals surface area contributed by atoms with Gasteiger partial charge in [-0.2, -0.15) is 0 Å². The highest BCUT2D eigenvalue weighted by Gasteiger charge is 2.24. The summed E-state index contributed by atoms with van der Waals surface area (Å²) in [6.07, 6.45) is 8.84. The average molecular weight is 323 g/mol. The number of hydrogen-bond donors (Lipinski definition) is 0. The van der Waals surface area contributed by atoms with Gasteiger partial charge in [-0.05, 0) is 25.7 Å². The van der Waals surface area contributed by atoms with E-state index in [2.05, 4.69) is 14.8 Å². The number of likely N-dealkylation sites (tertiary alicyclic amines) is 2. The molecule has 122 valence electrons. The van der Waals surface area contributed by atoms with Crippen LogP contribution in [0.4, 0.5) is 0 Å². The molecule has 0 bridgehead atoms. The molecule has 0 aromatic carbocycles. The van der Waals surface area contributed by atoms with Gasteiger partial charge in [0.05, 0.1) is 6.54 Å². The second-order valence-corrected chi connectivity index (χ2v) is 7.04. The van der Waals surface area contributed by atoms with E-state index in [9.17, 15) is 4.79 Å². The lowest BCUT2D eigenvalue weighted by atomic mass is 10.1. The molecular formula is C16H25N3O2S. The average Bonchev–Trinajstić information content (AvgIpc) is 2.88. The van der Waals surface area contributed by atoms with Crippen LogP contribution in [0.3, 0.4) is 0 Å². The molecule has 0 spiro atoms. The van der Waals surface area contributed by atoms with E-state index in [0.717, 1.165) is 57.1 Å². The molecule has 3 heterocycles. The molecule has 3 rings (SSSR count). The Morgan fingerprint density at radius 3 is 2.55 bits per heavy atom. The predicted octanol–water partition coefficient (Wildman–Crippen LogP) is 2.39. The molecule has 0 unspecified atom stereocenters. The number of amides is 1. The number of carbonyl (C=O) groups is 1. The molecule has 1 aromatic heterocycles. The molecule has 1 amide bonds. The summed E-state index contributed by atoms with van der Waals surface area (Å²) >= 11 is 1.54. The Bertz CT molecular complexity index is 450. The fourth-order valence-electron chi connectivity index (χ4n) is 3.21. The molecule has 1 aromatic rings. The molecule has 2 aliphatic heterocycles. The summed E-state index contributed by atoms with van der Waals surface area (Å²) < 4.78 is 5.87. The van der Waals surface area contributed by atoms with Gasteiger partial charge in [0.25, 0.3) is 5.19 Å². The molecule has 0 saturated carbocycles. The van der Waals surface area contributed by atoms with Gasteiger partial charge in [0, 0.05) is 37.8 Å². The van der Waals surface area contributed by atoms with Crippen molar-refractivity contribution >= 4 is 17.2 Å². The van der Waals surface area contributed by atoms with Crippen molar-refractivity contribution in [2.75, 3.05) is 32.7 Å². The lowest BCUT2D eigenvalue weighted by Crippen LogP contribution is -2.45. The zero-order chi connectivity index (χ0) is 15.2. The molecule has 5 nitrogen and oxygen atoms in total. The maximum absolute atomic E-state index is 12.4. The molecule has 0 N–H and O–H groups in total. The summed E-state index contributed by atoms with van der Waals surface area (Å²) in [4.78, 5) is 20.9. The van der Waals surface area contributed by atoms with Crippen molar-refractivity contribution in [2.24, 2.45) is 0 Å². The van der Waals surface area contributed by atoms with Gasteiger partial charge in [0.15, 0.2) is 0 Å². The van der Waals surface area contributed by atoms with E-state index in [4.69, 9.17) is 4.74 Å². The fraction of sp³-hybridized carbons (Fsp3) is 0.750. The first kappa shape index (κ1) is 15.7. The third-order valence-corrected chi connectivity index (χ3v) is 5.19. The largest absolute Gasteiger partial charge is 0.467 e. The summed E-state index contributed by atoms with van der Waals surface area (Å²) in [5, 5.41) is 2.70. The van der Waals surface area contributed by atoms with Gasteiger partial charge in [-0.1, -0.05) is 24.2 Å². The number of hydrogen-bond acceptors (Lipinski definition) is 5. The van der Waals surface area contributed by atoms with Crippen molar-refractivity contribution < 1.29 is 9.53 Å². The second-order valence-electron chi connectivity index (χ2n) is 6.19. The highest BCUT2D eigenvalue weighted by atomic mass is 32.1. The van der Waals surface area contributed by atoms with Crippen molar-refractivity contribution in [1.82, 2.24) is 14.8 Å². The molecule has 6 heteroatoms. The lowest BCUT2D eigenvalue weighted by Gasteiger charge is -2.32. The number of thiazole rings is 1. The highest BCUT2D eigenvalue weighted by Crippen LogP contribution is 2.21. The van der Waals surface area contributed by atoms with Gasteiger partial charge >= 0.3 is 0 Å². The molecule has 0 radical (unpaired) electrons. The van der Waals surface area contributed by atoms with Crippen LogP contribution in [0.1, 0.15) is 38.5 Å². The number of ether oxygens (including phenoxy) is 1. The minimum atomic E-state index is 0.246. The third-order valence-electron chi connectivity index (χ3n) is 4.53. The zero-order valence-corrected chi connectivity index (χ0v) is 13.9. The molecular weight excluding hydrogens is 298 g/mol. The van der Waals surface area contributed by atoms with Crippen LogP contribution < -0.4 is 4.74 Å². The standard InChI is InChI=1S/C16H25N3O2S/c20-15(19-8-3-1-2-4-9-19)13-18-10-5-14(6-11-18)21-16-17-7-12-22-16/h7,12,14H,1-6,8-11,13H2. The third kappa shape index (κ3) is 4.43. The van der Waals surface area contributed by atoms with Crippen molar-refractivity contribution in [2.45, 2.75) is 44.6 Å². The summed E-state index contributed by atoms with van der Waals surface area (Å²) in [5.74, 6) is 0.307. The van der Waals surface area contributed by atoms with Crippen LogP contribution in [0.15, 0.2) is 11.6 Å². The topological polar surface area (TPSA) is 45.7 Å². The first-order valence-corrected chi connectivity index (χ1v) is 9.25. The van der Waals surface area contributed by atoms with Crippen molar-refractivity contribution in [1.29, 1.82) is 0 Å². The van der Waals surface area contributed by atoms with E-state index >= 15 is 0 Å². The second kappa shape index (κ2) is 7.92. The summed E-state index contributed by atoms with van der Waals surface area (Å²) in [5.41, 5.74) is 0. The molecule has 0 atom stereocenters. The molecule has 2 fully saturated rings. The van der Waals surface area contributed by atoms with E-state index in [-0.39, 0.29) is 6.10 Å². The van der Waals surface area contributed by atoms with Gasteiger partial charge in [-0.15, -0.1) is 0 Å². The Morgan fingerprint density at radius 2 is 1.91 bits per heavy atom. The zero-order valence-electron chi connectivity index (χ0n) is 13.1. The first-order chi connectivity index (χ1) is 10.8. The smallest absolute Gasteiger partial charge is 0.273 e. The van der Waals surface area contributed by atoms with E-state index in [0.29, 0.717) is 12.5 Å².